The van der Waals surface area contributed by atoms with Crippen LogP contribution in [0.15, 0.2) is 27.1 Å². The predicted octanol–water partition coefficient (Wildman–Crippen LogP) is 2.00. The number of hydrogen-bond acceptors (Lipinski definition) is 4. The lowest BCUT2D eigenvalue weighted by Gasteiger charge is -2.25. The molecule has 17 heavy (non-hydrogen) atoms. The number of fused-ring (bicyclic) bond motifs is 1. The van der Waals surface area contributed by atoms with Gasteiger partial charge >= 0.3 is 0 Å². The molecule has 5 heteroatoms. The van der Waals surface area contributed by atoms with Gasteiger partial charge in [0.25, 0.3) is 0 Å². The molecular formula is C12H14BrN3O. The Morgan fingerprint density at radius 2 is 2.18 bits per heavy atom. The lowest BCUT2D eigenvalue weighted by atomic mass is 10.3. The molecule has 1 fully saturated rings. The first-order valence-corrected chi connectivity index (χ1v) is 6.58. The summed E-state index contributed by atoms with van der Waals surface area (Å²) in [4.78, 5) is 6.87. The summed E-state index contributed by atoms with van der Waals surface area (Å²) in [7, 11) is 0. The van der Waals surface area contributed by atoms with Crippen LogP contribution >= 0.6 is 15.9 Å². The Balaban J connectivity index is 1.80. The smallest absolute Gasteiger partial charge is 0.209 e. The quantitative estimate of drug-likeness (QED) is 0.920. The number of nitrogens with one attached hydrogen (secondary N) is 1. The first-order chi connectivity index (χ1) is 8.31. The molecule has 1 aliphatic rings. The highest BCUT2D eigenvalue weighted by molar-refractivity contribution is 9.10. The molecule has 0 amide bonds. The van der Waals surface area contributed by atoms with Crippen molar-refractivity contribution in [3.63, 3.8) is 0 Å². The fourth-order valence-electron chi connectivity index (χ4n) is 2.08. The van der Waals surface area contributed by atoms with Crippen LogP contribution in [0.2, 0.25) is 0 Å². The van der Waals surface area contributed by atoms with E-state index in [1.165, 1.54) is 0 Å². The van der Waals surface area contributed by atoms with Crippen molar-refractivity contribution in [2.24, 2.45) is 0 Å². The van der Waals surface area contributed by atoms with Crippen molar-refractivity contribution in [3.8, 4) is 0 Å². The van der Waals surface area contributed by atoms with Crippen LogP contribution in [0.4, 0.5) is 0 Å². The average Bonchev–Trinajstić information content (AvgIpc) is 2.71. The SMILES string of the molecule is Brc1ccc2oc(CN3CCNCC3)nc2c1. The van der Waals surface area contributed by atoms with Gasteiger partial charge in [-0.3, -0.25) is 4.90 Å². The number of halogens is 1. The molecule has 4 nitrogen and oxygen atoms in total. The number of piperazine rings is 1. The minimum Gasteiger partial charge on any atom is -0.439 e. The molecular weight excluding hydrogens is 282 g/mol. The van der Waals surface area contributed by atoms with Gasteiger partial charge in [-0.25, -0.2) is 4.98 Å². The third-order valence-electron chi connectivity index (χ3n) is 2.96. The Morgan fingerprint density at radius 1 is 1.35 bits per heavy atom. The first kappa shape index (κ1) is 11.2. The van der Waals surface area contributed by atoms with Crippen LogP contribution in [-0.4, -0.2) is 36.1 Å². The van der Waals surface area contributed by atoms with E-state index < -0.39 is 0 Å². The topological polar surface area (TPSA) is 41.3 Å². The third-order valence-corrected chi connectivity index (χ3v) is 3.46. The summed E-state index contributed by atoms with van der Waals surface area (Å²) in [5.74, 6) is 0.806. The highest BCUT2D eigenvalue weighted by atomic mass is 79.9. The van der Waals surface area contributed by atoms with E-state index in [9.17, 15) is 0 Å². The molecule has 1 aromatic carbocycles. The van der Waals surface area contributed by atoms with Gasteiger partial charge < -0.3 is 9.73 Å². The minimum atomic E-state index is 0.800. The van der Waals surface area contributed by atoms with Crippen LogP contribution in [0.5, 0.6) is 0 Å². The molecule has 0 unspecified atom stereocenters. The van der Waals surface area contributed by atoms with Crippen LogP contribution in [-0.2, 0) is 6.54 Å². The molecule has 3 rings (SSSR count). The van der Waals surface area contributed by atoms with Gasteiger partial charge in [0.1, 0.15) is 5.52 Å². The van der Waals surface area contributed by atoms with Crippen molar-refractivity contribution < 1.29 is 4.42 Å². The Bertz CT molecular complexity index is 519. The summed E-state index contributed by atoms with van der Waals surface area (Å²) in [6.45, 7) is 5.01. The molecule has 1 aliphatic heterocycles. The number of rotatable bonds is 2. The van der Waals surface area contributed by atoms with E-state index >= 15 is 0 Å². The lowest BCUT2D eigenvalue weighted by Crippen LogP contribution is -2.42. The van der Waals surface area contributed by atoms with Crippen molar-refractivity contribution in [1.29, 1.82) is 0 Å². The summed E-state index contributed by atoms with van der Waals surface area (Å²) in [5, 5.41) is 3.34. The summed E-state index contributed by atoms with van der Waals surface area (Å²) in [6, 6.07) is 5.91. The van der Waals surface area contributed by atoms with Crippen LogP contribution < -0.4 is 5.32 Å². The van der Waals surface area contributed by atoms with Crippen LogP contribution in [0.3, 0.4) is 0 Å². The van der Waals surface area contributed by atoms with Gasteiger partial charge in [-0.05, 0) is 18.2 Å². The molecule has 2 heterocycles. The van der Waals surface area contributed by atoms with Crippen molar-refractivity contribution >= 4 is 27.0 Å². The number of aromatic nitrogens is 1. The molecule has 0 bridgehead atoms. The Kier molecular flexibility index (Phi) is 3.13. The summed E-state index contributed by atoms with van der Waals surface area (Å²) in [6.07, 6.45) is 0. The third kappa shape index (κ3) is 2.51. The molecule has 0 radical (unpaired) electrons. The zero-order valence-electron chi connectivity index (χ0n) is 9.45. The van der Waals surface area contributed by atoms with Gasteiger partial charge in [-0.1, -0.05) is 15.9 Å². The van der Waals surface area contributed by atoms with Gasteiger partial charge in [0.2, 0.25) is 5.89 Å². The first-order valence-electron chi connectivity index (χ1n) is 5.79. The molecule has 1 N–H and O–H groups in total. The minimum absolute atomic E-state index is 0.800. The maximum absolute atomic E-state index is 5.73. The Hall–Kier alpha value is -0.910. The van der Waals surface area contributed by atoms with E-state index in [4.69, 9.17) is 4.42 Å². The van der Waals surface area contributed by atoms with Gasteiger partial charge in [-0.2, -0.15) is 0 Å². The van der Waals surface area contributed by atoms with E-state index in [0.29, 0.717) is 0 Å². The largest absolute Gasteiger partial charge is 0.439 e. The normalized spacial score (nSPS) is 17.7. The number of oxazole rings is 1. The average molecular weight is 296 g/mol. The zero-order chi connectivity index (χ0) is 11.7. The molecule has 0 spiro atoms. The van der Waals surface area contributed by atoms with E-state index in [1.807, 2.05) is 18.2 Å². The van der Waals surface area contributed by atoms with Crippen molar-refractivity contribution in [3.05, 3.63) is 28.6 Å². The Labute approximate surface area is 108 Å². The zero-order valence-corrected chi connectivity index (χ0v) is 11.0. The van der Waals surface area contributed by atoms with Crippen molar-refractivity contribution in [2.75, 3.05) is 26.2 Å². The second-order valence-corrected chi connectivity index (χ2v) is 5.16. The predicted molar refractivity (Wildman–Crippen MR) is 69.9 cm³/mol. The molecule has 2 aromatic rings. The monoisotopic (exact) mass is 295 g/mol. The van der Waals surface area contributed by atoms with E-state index in [1.54, 1.807) is 0 Å². The van der Waals surface area contributed by atoms with Crippen molar-refractivity contribution in [2.45, 2.75) is 6.54 Å². The number of benzene rings is 1. The highest BCUT2D eigenvalue weighted by Crippen LogP contribution is 2.21. The van der Waals surface area contributed by atoms with Crippen LogP contribution in [0.1, 0.15) is 5.89 Å². The second-order valence-electron chi connectivity index (χ2n) is 4.25. The summed E-state index contributed by atoms with van der Waals surface area (Å²) in [5.41, 5.74) is 1.78. The Morgan fingerprint density at radius 3 is 3.00 bits per heavy atom. The van der Waals surface area contributed by atoms with Gasteiger partial charge in [0, 0.05) is 30.7 Å². The fourth-order valence-corrected chi connectivity index (χ4v) is 2.43. The standard InChI is InChI=1S/C12H14BrN3O/c13-9-1-2-11-10(7-9)15-12(17-11)8-16-5-3-14-4-6-16/h1-2,7,14H,3-6,8H2. The maximum atomic E-state index is 5.73. The number of nitrogens with zero attached hydrogens (tertiary/aromatic N) is 2. The van der Waals surface area contributed by atoms with Gasteiger partial charge in [-0.15, -0.1) is 0 Å². The van der Waals surface area contributed by atoms with Crippen molar-refractivity contribution in [1.82, 2.24) is 15.2 Å². The molecule has 0 saturated carbocycles. The number of hydrogen-bond donors (Lipinski definition) is 1. The van der Waals surface area contributed by atoms with E-state index in [-0.39, 0.29) is 0 Å². The van der Waals surface area contributed by atoms with Gasteiger partial charge in [0.15, 0.2) is 5.58 Å². The fraction of sp³-hybridized carbons (Fsp3) is 0.417. The summed E-state index contributed by atoms with van der Waals surface area (Å²) >= 11 is 3.44. The van der Waals surface area contributed by atoms with E-state index in [0.717, 1.165) is 54.2 Å². The molecule has 1 aromatic heterocycles. The van der Waals surface area contributed by atoms with Gasteiger partial charge in [0.05, 0.1) is 6.54 Å². The summed E-state index contributed by atoms with van der Waals surface area (Å²) < 4.78 is 6.77. The van der Waals surface area contributed by atoms with E-state index in [2.05, 4.69) is 31.1 Å². The molecule has 0 atom stereocenters. The molecule has 90 valence electrons. The maximum Gasteiger partial charge on any atom is 0.209 e. The molecule has 0 aliphatic carbocycles. The van der Waals surface area contributed by atoms with Crippen LogP contribution in [0, 0.1) is 0 Å². The lowest BCUT2D eigenvalue weighted by molar-refractivity contribution is 0.214. The second kappa shape index (κ2) is 4.76. The molecule has 1 saturated heterocycles. The highest BCUT2D eigenvalue weighted by Gasteiger charge is 2.13. The van der Waals surface area contributed by atoms with Crippen LogP contribution in [0.25, 0.3) is 11.1 Å².